The summed E-state index contributed by atoms with van der Waals surface area (Å²) in [5, 5.41) is 0. The highest BCUT2D eigenvalue weighted by Crippen LogP contribution is 2.32. The molecule has 0 bridgehead atoms. The van der Waals surface area contributed by atoms with Crippen LogP contribution in [0.25, 0.3) is 11.1 Å². The van der Waals surface area contributed by atoms with Crippen molar-refractivity contribution in [2.45, 2.75) is 45.1 Å². The molecule has 3 rings (SSSR count). The van der Waals surface area contributed by atoms with E-state index < -0.39 is 5.60 Å². The van der Waals surface area contributed by atoms with E-state index in [-0.39, 0.29) is 12.0 Å². The van der Waals surface area contributed by atoms with E-state index in [0.29, 0.717) is 13.1 Å². The number of halogens is 1. The first-order valence-electron chi connectivity index (χ1n) is 7.86. The Morgan fingerprint density at radius 3 is 2.65 bits per heavy atom. The molecular weight excluding hydrogens is 360 g/mol. The van der Waals surface area contributed by atoms with Crippen LogP contribution in [0.4, 0.5) is 4.79 Å². The van der Waals surface area contributed by atoms with E-state index in [2.05, 4.69) is 20.9 Å². The Labute approximate surface area is 144 Å². The van der Waals surface area contributed by atoms with Crippen LogP contribution >= 0.6 is 15.9 Å². The van der Waals surface area contributed by atoms with E-state index in [4.69, 9.17) is 9.15 Å². The van der Waals surface area contributed by atoms with Crippen molar-refractivity contribution in [3.8, 4) is 0 Å². The summed E-state index contributed by atoms with van der Waals surface area (Å²) in [5.41, 5.74) is 1.20. The van der Waals surface area contributed by atoms with E-state index in [1.165, 1.54) is 0 Å². The topological polar surface area (TPSA) is 55.6 Å². The van der Waals surface area contributed by atoms with Crippen molar-refractivity contribution < 1.29 is 13.9 Å². The summed E-state index contributed by atoms with van der Waals surface area (Å²) in [4.78, 5) is 18.5. The first kappa shape index (κ1) is 16.3. The normalized spacial score (nSPS) is 16.8. The maximum Gasteiger partial charge on any atom is 0.410 e. The molecule has 2 aromatic rings. The third kappa shape index (κ3) is 3.68. The highest BCUT2D eigenvalue weighted by Gasteiger charge is 2.29. The third-order valence-corrected chi connectivity index (χ3v) is 4.52. The van der Waals surface area contributed by atoms with Crippen molar-refractivity contribution in [2.24, 2.45) is 0 Å². The van der Waals surface area contributed by atoms with Gasteiger partial charge in [-0.3, -0.25) is 0 Å². The van der Waals surface area contributed by atoms with E-state index in [1.54, 1.807) is 4.90 Å². The molecular formula is C17H21BrN2O3. The minimum atomic E-state index is -0.458. The number of nitrogens with zero attached hydrogens (tertiary/aromatic N) is 2. The van der Waals surface area contributed by atoms with Gasteiger partial charge in [-0.1, -0.05) is 6.07 Å². The summed E-state index contributed by atoms with van der Waals surface area (Å²) < 4.78 is 12.3. The molecule has 1 aliphatic rings. The standard InChI is InChI=1S/C17H21BrN2O3/c1-17(2,3)23-16(21)20-9-7-11(8-10-20)15-19-14-12(18)5-4-6-13(14)22-15/h4-6,11H,7-10H2,1-3H3. The molecule has 2 heterocycles. The quantitative estimate of drug-likeness (QED) is 0.718. The number of hydrogen-bond donors (Lipinski definition) is 0. The molecule has 0 radical (unpaired) electrons. The van der Waals surface area contributed by atoms with E-state index in [1.807, 2.05) is 39.0 Å². The first-order valence-corrected chi connectivity index (χ1v) is 8.66. The zero-order valence-electron chi connectivity index (χ0n) is 13.6. The average molecular weight is 381 g/mol. The van der Waals surface area contributed by atoms with Gasteiger partial charge in [0.1, 0.15) is 11.1 Å². The highest BCUT2D eigenvalue weighted by molar-refractivity contribution is 9.10. The molecule has 0 saturated carbocycles. The molecule has 0 N–H and O–H groups in total. The second-order valence-electron chi connectivity index (χ2n) is 6.88. The number of carbonyl (C=O) groups excluding carboxylic acids is 1. The fourth-order valence-electron chi connectivity index (χ4n) is 2.74. The molecule has 0 atom stereocenters. The summed E-state index contributed by atoms with van der Waals surface area (Å²) in [6.45, 7) is 6.98. The van der Waals surface area contributed by atoms with Gasteiger partial charge in [0.05, 0.1) is 0 Å². The Bertz CT molecular complexity index is 712. The number of hydrogen-bond acceptors (Lipinski definition) is 4. The first-order chi connectivity index (χ1) is 10.8. The van der Waals surface area contributed by atoms with Crippen LogP contribution in [0.2, 0.25) is 0 Å². The molecule has 0 aliphatic carbocycles. The van der Waals surface area contributed by atoms with Crippen LogP contribution in [0.1, 0.15) is 45.4 Å². The number of oxazole rings is 1. The van der Waals surface area contributed by atoms with Gasteiger partial charge < -0.3 is 14.1 Å². The molecule has 5 nitrogen and oxygen atoms in total. The van der Waals surface area contributed by atoms with Crippen molar-refractivity contribution in [2.75, 3.05) is 13.1 Å². The average Bonchev–Trinajstić information content (AvgIpc) is 2.91. The predicted molar refractivity (Wildman–Crippen MR) is 91.5 cm³/mol. The summed E-state index contributed by atoms with van der Waals surface area (Å²) in [5.74, 6) is 1.00. The number of piperidine rings is 1. The van der Waals surface area contributed by atoms with Crippen molar-refractivity contribution in [3.05, 3.63) is 28.6 Å². The highest BCUT2D eigenvalue weighted by atomic mass is 79.9. The van der Waals surface area contributed by atoms with Crippen LogP contribution in [0.15, 0.2) is 27.1 Å². The number of benzene rings is 1. The number of likely N-dealkylation sites (tertiary alicyclic amines) is 1. The maximum absolute atomic E-state index is 12.1. The van der Waals surface area contributed by atoms with Crippen molar-refractivity contribution in [1.29, 1.82) is 0 Å². The number of amides is 1. The predicted octanol–water partition coefficient (Wildman–Crippen LogP) is 4.70. The molecule has 0 unspecified atom stereocenters. The molecule has 6 heteroatoms. The number of rotatable bonds is 1. The molecule has 1 fully saturated rings. The van der Waals surface area contributed by atoms with Crippen molar-refractivity contribution >= 4 is 33.1 Å². The van der Waals surface area contributed by atoms with Crippen molar-refractivity contribution in [1.82, 2.24) is 9.88 Å². The monoisotopic (exact) mass is 380 g/mol. The molecule has 23 heavy (non-hydrogen) atoms. The number of fused-ring (bicyclic) bond motifs is 1. The van der Waals surface area contributed by atoms with Crippen LogP contribution in [0.5, 0.6) is 0 Å². The van der Waals surface area contributed by atoms with Crippen LogP contribution in [0, 0.1) is 0 Å². The molecule has 1 amide bonds. The summed E-state index contributed by atoms with van der Waals surface area (Å²) in [6.07, 6.45) is 1.43. The third-order valence-electron chi connectivity index (χ3n) is 3.88. The maximum atomic E-state index is 12.1. The number of ether oxygens (including phenoxy) is 1. The van der Waals surface area contributed by atoms with Crippen molar-refractivity contribution in [3.63, 3.8) is 0 Å². The fourth-order valence-corrected chi connectivity index (χ4v) is 3.18. The van der Waals surface area contributed by atoms with Gasteiger partial charge in [0, 0.05) is 23.5 Å². The van der Waals surface area contributed by atoms with E-state index in [9.17, 15) is 4.79 Å². The van der Waals surface area contributed by atoms with Crippen LogP contribution in [-0.2, 0) is 4.74 Å². The Morgan fingerprint density at radius 2 is 2.04 bits per heavy atom. The van der Waals surface area contributed by atoms with Gasteiger partial charge in [-0.2, -0.15) is 0 Å². The molecule has 0 spiro atoms. The van der Waals surface area contributed by atoms with Gasteiger partial charge in [0.15, 0.2) is 11.5 Å². The number of carbonyl (C=O) groups is 1. The Balaban J connectivity index is 1.66. The minimum Gasteiger partial charge on any atom is -0.444 e. The van der Waals surface area contributed by atoms with Crippen LogP contribution in [-0.4, -0.2) is 34.7 Å². The second-order valence-corrected chi connectivity index (χ2v) is 7.73. The molecule has 124 valence electrons. The fraction of sp³-hybridized carbons (Fsp3) is 0.529. The van der Waals surface area contributed by atoms with E-state index in [0.717, 1.165) is 34.3 Å². The molecule has 1 aromatic carbocycles. The summed E-state index contributed by atoms with van der Waals surface area (Å²) in [6, 6.07) is 5.82. The molecule has 1 saturated heterocycles. The largest absolute Gasteiger partial charge is 0.444 e. The Hall–Kier alpha value is -1.56. The zero-order valence-corrected chi connectivity index (χ0v) is 15.2. The van der Waals surface area contributed by atoms with Gasteiger partial charge >= 0.3 is 6.09 Å². The Kier molecular flexibility index (Phi) is 4.36. The smallest absolute Gasteiger partial charge is 0.410 e. The minimum absolute atomic E-state index is 0.240. The van der Waals surface area contributed by atoms with Gasteiger partial charge in [0.2, 0.25) is 0 Å². The lowest BCUT2D eigenvalue weighted by Crippen LogP contribution is -2.41. The lowest BCUT2D eigenvalue weighted by atomic mass is 9.97. The van der Waals surface area contributed by atoms with Crippen LogP contribution in [0.3, 0.4) is 0 Å². The Morgan fingerprint density at radius 1 is 1.35 bits per heavy atom. The zero-order chi connectivity index (χ0) is 16.6. The van der Waals surface area contributed by atoms with Gasteiger partial charge in [-0.15, -0.1) is 0 Å². The van der Waals surface area contributed by atoms with Gasteiger partial charge in [0.25, 0.3) is 0 Å². The van der Waals surface area contributed by atoms with E-state index >= 15 is 0 Å². The molecule has 1 aliphatic heterocycles. The van der Waals surface area contributed by atoms with Crippen LogP contribution < -0.4 is 0 Å². The van der Waals surface area contributed by atoms with Gasteiger partial charge in [-0.05, 0) is 61.7 Å². The second kappa shape index (κ2) is 6.15. The SMILES string of the molecule is CC(C)(C)OC(=O)N1CCC(c2nc3c(Br)cccc3o2)CC1. The number of aromatic nitrogens is 1. The summed E-state index contributed by atoms with van der Waals surface area (Å²) in [7, 11) is 0. The summed E-state index contributed by atoms with van der Waals surface area (Å²) >= 11 is 3.50. The van der Waals surface area contributed by atoms with Gasteiger partial charge in [-0.25, -0.2) is 9.78 Å². The number of para-hydroxylation sites is 1. The molecule has 1 aromatic heterocycles. The lowest BCUT2D eigenvalue weighted by molar-refractivity contribution is 0.0199. The lowest BCUT2D eigenvalue weighted by Gasteiger charge is -2.32.